The standard InChI is InChI=1S/C5H10O5.H3O4P/c6-2-3(7)1-4(8)5(9)10;1-5(2,3)4/h3-4,6-8H,1-2H2,(H,9,10);(H3,1,2,3,4). The molecule has 15 heavy (non-hydrogen) atoms. The Labute approximate surface area is 84.5 Å². The average Bonchev–Trinajstić information content (AvgIpc) is 2.00. The topological polar surface area (TPSA) is 176 Å². The third-order valence-electron chi connectivity index (χ3n) is 0.991. The van der Waals surface area contributed by atoms with Crippen molar-refractivity contribution in [1.82, 2.24) is 0 Å². The number of rotatable bonds is 4. The molecule has 9 nitrogen and oxygen atoms in total. The van der Waals surface area contributed by atoms with Crippen molar-refractivity contribution >= 4 is 13.8 Å². The second-order valence-corrected chi connectivity index (χ2v) is 3.47. The lowest BCUT2D eigenvalue weighted by atomic mass is 10.2. The number of carbonyl (C=O) groups is 1. The SMILES string of the molecule is O=C(O)C(O)CC(O)CO.O=P(O)(O)O. The quantitative estimate of drug-likeness (QED) is 0.260. The van der Waals surface area contributed by atoms with E-state index in [4.69, 9.17) is 39.7 Å². The van der Waals surface area contributed by atoms with Gasteiger partial charge in [0.15, 0.2) is 6.10 Å². The summed E-state index contributed by atoms with van der Waals surface area (Å²) in [5, 5.41) is 33.5. The molecule has 7 N–H and O–H groups in total. The smallest absolute Gasteiger partial charge is 0.466 e. The van der Waals surface area contributed by atoms with Crippen LogP contribution in [-0.4, -0.2) is 59.9 Å². The van der Waals surface area contributed by atoms with Crippen LogP contribution < -0.4 is 0 Å². The Balaban J connectivity index is 0. The molecule has 0 rings (SSSR count). The normalized spacial score (nSPS) is 14.8. The number of hydrogen-bond acceptors (Lipinski definition) is 5. The molecule has 2 atom stereocenters. The van der Waals surface area contributed by atoms with Gasteiger partial charge in [0.05, 0.1) is 12.7 Å². The van der Waals surface area contributed by atoms with Crippen molar-refractivity contribution in [2.24, 2.45) is 0 Å². The summed E-state index contributed by atoms with van der Waals surface area (Å²) in [5.41, 5.74) is 0. The van der Waals surface area contributed by atoms with Crippen LogP contribution in [0, 0.1) is 0 Å². The van der Waals surface area contributed by atoms with Crippen molar-refractivity contribution in [1.29, 1.82) is 0 Å². The van der Waals surface area contributed by atoms with Crippen LogP contribution in [0.1, 0.15) is 6.42 Å². The van der Waals surface area contributed by atoms with E-state index in [9.17, 15) is 4.79 Å². The molecule has 0 amide bonds. The van der Waals surface area contributed by atoms with E-state index in [-0.39, 0.29) is 6.42 Å². The summed E-state index contributed by atoms with van der Waals surface area (Å²) < 4.78 is 8.88. The molecule has 0 aliphatic carbocycles. The minimum Gasteiger partial charge on any atom is -0.479 e. The van der Waals surface area contributed by atoms with Gasteiger partial charge < -0.3 is 35.1 Å². The molecule has 0 bridgehead atoms. The number of carboxylic acid groups (broad SMARTS) is 1. The molecular formula is C5H13O9P. The van der Waals surface area contributed by atoms with Gasteiger partial charge in [-0.1, -0.05) is 0 Å². The molecule has 0 spiro atoms. The zero-order chi connectivity index (χ0) is 12.6. The molecule has 0 aromatic rings. The molecule has 0 aliphatic rings. The summed E-state index contributed by atoms with van der Waals surface area (Å²) in [6, 6.07) is 0. The van der Waals surface area contributed by atoms with E-state index in [2.05, 4.69) is 0 Å². The van der Waals surface area contributed by atoms with E-state index in [0.29, 0.717) is 0 Å². The third-order valence-corrected chi connectivity index (χ3v) is 0.991. The Kier molecular flexibility index (Phi) is 8.68. The van der Waals surface area contributed by atoms with Crippen LogP contribution in [0.5, 0.6) is 0 Å². The number of aliphatic hydroxyl groups is 3. The molecule has 0 heterocycles. The lowest BCUT2D eigenvalue weighted by Crippen LogP contribution is -2.27. The number of carboxylic acids is 1. The van der Waals surface area contributed by atoms with Gasteiger partial charge in [-0.3, -0.25) is 0 Å². The highest BCUT2D eigenvalue weighted by molar-refractivity contribution is 7.45. The van der Waals surface area contributed by atoms with Gasteiger partial charge in [0.25, 0.3) is 0 Å². The Morgan fingerprint density at radius 2 is 1.53 bits per heavy atom. The number of aliphatic hydroxyl groups excluding tert-OH is 3. The molecule has 0 fully saturated rings. The minimum absolute atomic E-state index is 0.341. The van der Waals surface area contributed by atoms with Crippen LogP contribution in [0.2, 0.25) is 0 Å². The van der Waals surface area contributed by atoms with Crippen molar-refractivity contribution in [2.45, 2.75) is 18.6 Å². The first kappa shape index (κ1) is 16.9. The van der Waals surface area contributed by atoms with Gasteiger partial charge >= 0.3 is 13.8 Å². The highest BCUT2D eigenvalue weighted by Gasteiger charge is 2.16. The molecule has 2 unspecified atom stereocenters. The van der Waals surface area contributed by atoms with Crippen LogP contribution >= 0.6 is 7.82 Å². The average molecular weight is 248 g/mol. The fraction of sp³-hybridized carbons (Fsp3) is 0.800. The molecule has 10 heteroatoms. The van der Waals surface area contributed by atoms with Crippen molar-refractivity contribution in [3.63, 3.8) is 0 Å². The number of aliphatic carboxylic acids is 1. The summed E-state index contributed by atoms with van der Waals surface area (Å²) >= 11 is 0. The molecular weight excluding hydrogens is 235 g/mol. The first-order chi connectivity index (χ1) is 6.57. The predicted molar refractivity (Wildman–Crippen MR) is 45.6 cm³/mol. The zero-order valence-electron chi connectivity index (χ0n) is 7.46. The highest BCUT2D eigenvalue weighted by Crippen LogP contribution is 2.25. The van der Waals surface area contributed by atoms with Crippen LogP contribution in [0.4, 0.5) is 0 Å². The molecule has 0 saturated carbocycles. The molecule has 92 valence electrons. The fourth-order valence-electron chi connectivity index (χ4n) is 0.433. The highest BCUT2D eigenvalue weighted by atomic mass is 31.2. The number of phosphoric acid groups is 1. The van der Waals surface area contributed by atoms with Crippen molar-refractivity contribution in [3.8, 4) is 0 Å². The van der Waals surface area contributed by atoms with Gasteiger partial charge in [-0.25, -0.2) is 9.36 Å². The third kappa shape index (κ3) is 19.8. The zero-order valence-corrected chi connectivity index (χ0v) is 8.36. The van der Waals surface area contributed by atoms with Crippen LogP contribution in [0.3, 0.4) is 0 Å². The van der Waals surface area contributed by atoms with Crippen molar-refractivity contribution in [3.05, 3.63) is 0 Å². The number of hydrogen-bond donors (Lipinski definition) is 7. The molecule has 0 aliphatic heterocycles. The monoisotopic (exact) mass is 248 g/mol. The molecule has 0 aromatic heterocycles. The van der Waals surface area contributed by atoms with E-state index in [1.807, 2.05) is 0 Å². The molecule has 0 radical (unpaired) electrons. The Morgan fingerprint density at radius 1 is 1.20 bits per heavy atom. The first-order valence-corrected chi connectivity index (χ1v) is 5.12. The maximum atomic E-state index is 9.91. The summed E-state index contributed by atoms with van der Waals surface area (Å²) in [6.07, 6.45) is -3.10. The molecule has 0 aromatic carbocycles. The minimum atomic E-state index is -4.64. The maximum absolute atomic E-state index is 9.91. The second-order valence-electron chi connectivity index (χ2n) is 2.44. The fourth-order valence-corrected chi connectivity index (χ4v) is 0.433. The van der Waals surface area contributed by atoms with E-state index >= 15 is 0 Å². The van der Waals surface area contributed by atoms with Gasteiger partial charge in [0.2, 0.25) is 0 Å². The summed E-state index contributed by atoms with van der Waals surface area (Å²) in [6.45, 7) is -0.537. The van der Waals surface area contributed by atoms with Gasteiger partial charge in [0, 0.05) is 6.42 Å². The summed E-state index contributed by atoms with van der Waals surface area (Å²) in [4.78, 5) is 31.5. The Hall–Kier alpha value is -0.540. The second kappa shape index (κ2) is 7.71. The van der Waals surface area contributed by atoms with Crippen LogP contribution in [-0.2, 0) is 9.36 Å². The predicted octanol–water partition coefficient (Wildman–Crippen LogP) is -2.75. The lowest BCUT2D eigenvalue weighted by Gasteiger charge is -2.08. The van der Waals surface area contributed by atoms with Gasteiger partial charge in [-0.05, 0) is 0 Å². The van der Waals surface area contributed by atoms with Gasteiger partial charge in [-0.2, -0.15) is 0 Å². The first-order valence-electron chi connectivity index (χ1n) is 3.56. The lowest BCUT2D eigenvalue weighted by molar-refractivity contribution is -0.148. The van der Waals surface area contributed by atoms with E-state index in [0.717, 1.165) is 0 Å². The van der Waals surface area contributed by atoms with E-state index in [1.165, 1.54) is 0 Å². The molecule has 0 saturated heterocycles. The van der Waals surface area contributed by atoms with Gasteiger partial charge in [-0.15, -0.1) is 0 Å². The largest absolute Gasteiger partial charge is 0.479 e. The van der Waals surface area contributed by atoms with Crippen molar-refractivity contribution < 1.29 is 44.5 Å². The van der Waals surface area contributed by atoms with Crippen LogP contribution in [0.15, 0.2) is 0 Å². The van der Waals surface area contributed by atoms with Crippen molar-refractivity contribution in [2.75, 3.05) is 6.61 Å². The Morgan fingerprint density at radius 3 is 1.73 bits per heavy atom. The van der Waals surface area contributed by atoms with E-state index in [1.54, 1.807) is 0 Å². The maximum Gasteiger partial charge on any atom is 0.466 e. The Bertz CT molecular complexity index is 214. The van der Waals surface area contributed by atoms with Crippen LogP contribution in [0.25, 0.3) is 0 Å². The van der Waals surface area contributed by atoms with E-state index < -0.39 is 32.6 Å². The van der Waals surface area contributed by atoms with Gasteiger partial charge in [0.1, 0.15) is 0 Å². The summed E-state index contributed by atoms with van der Waals surface area (Å²) in [7, 11) is -4.64. The summed E-state index contributed by atoms with van der Waals surface area (Å²) in [5.74, 6) is -1.40.